The molecule has 0 bridgehead atoms. The van der Waals surface area contributed by atoms with Crippen molar-refractivity contribution in [2.24, 2.45) is 35.3 Å². The van der Waals surface area contributed by atoms with Crippen molar-refractivity contribution in [3.05, 3.63) is 101 Å². The van der Waals surface area contributed by atoms with Gasteiger partial charge >= 0.3 is 12.1 Å². The van der Waals surface area contributed by atoms with Crippen molar-refractivity contribution < 1.29 is 86.2 Å². The minimum Gasteiger partial charge on any atom is -0.445 e. The van der Waals surface area contributed by atoms with Crippen molar-refractivity contribution in [2.75, 3.05) is 106 Å². The van der Waals surface area contributed by atoms with Crippen LogP contribution in [0.5, 0.6) is 0 Å². The van der Waals surface area contributed by atoms with Crippen LogP contribution in [0.4, 0.5) is 15.3 Å². The molecule has 0 unspecified atom stereocenters. The van der Waals surface area contributed by atoms with Crippen LogP contribution in [0, 0.1) is 29.6 Å². The van der Waals surface area contributed by atoms with Crippen molar-refractivity contribution in [3.63, 3.8) is 0 Å². The number of aromatic nitrogens is 2. The lowest BCUT2D eigenvalue weighted by atomic mass is 9.89. The molecule has 4 aromatic rings. The van der Waals surface area contributed by atoms with Gasteiger partial charge in [0, 0.05) is 76.3 Å². The largest absolute Gasteiger partial charge is 0.445 e. The number of hydrogen-bond donors (Lipinski definition) is 9. The van der Waals surface area contributed by atoms with Crippen LogP contribution in [0.3, 0.4) is 0 Å². The average Bonchev–Trinajstić information content (AvgIpc) is 1.80. The number of rotatable bonds is 50. The summed E-state index contributed by atoms with van der Waals surface area (Å²) in [4.78, 5) is 150. The number of fused-ring (bicyclic) bond motifs is 1. The van der Waals surface area contributed by atoms with E-state index < -0.39 is 126 Å². The Hall–Kier alpha value is -8.02. The molecule has 1 aromatic heterocycles. The van der Waals surface area contributed by atoms with Crippen LogP contribution in [0.2, 0.25) is 0 Å². The first kappa shape index (κ1) is 95.6. The number of likely N-dealkylation sites (tertiary alicyclic amines) is 1. The smallest absolute Gasteiger partial charge is 0.410 e. The van der Waals surface area contributed by atoms with Crippen molar-refractivity contribution in [2.45, 2.75) is 192 Å². The molecule has 10 N–H and O–H groups in total. The Kier molecular flexibility index (Phi) is 42.0. The molecule has 1 aliphatic heterocycles. The first-order valence-electron chi connectivity index (χ1n) is 38.8. The maximum absolute atomic E-state index is 14.9. The van der Waals surface area contributed by atoms with E-state index >= 15 is 0 Å². The third-order valence-electron chi connectivity index (χ3n) is 20.0. The van der Waals surface area contributed by atoms with E-state index in [-0.39, 0.29) is 82.3 Å². The molecule has 33 heteroatoms. The predicted octanol–water partition coefficient (Wildman–Crippen LogP) is 7.21. The number of halogens is 2. The molecule has 0 saturated carbocycles. The van der Waals surface area contributed by atoms with Gasteiger partial charge in [0.1, 0.15) is 30.8 Å². The van der Waals surface area contributed by atoms with Crippen molar-refractivity contribution in [1.82, 2.24) is 56.6 Å². The first-order valence-corrected chi connectivity index (χ1v) is 41.0. The Morgan fingerprint density at radius 2 is 1.27 bits per heavy atom. The van der Waals surface area contributed by atoms with E-state index in [4.69, 9.17) is 38.9 Å². The zero-order valence-electron chi connectivity index (χ0n) is 67.9. The van der Waals surface area contributed by atoms with Crippen LogP contribution in [0.1, 0.15) is 153 Å². The molecule has 31 nitrogen and oxygen atoms in total. The number of likely N-dealkylation sites (N-methyl/N-ethyl adjacent to an activating group) is 2. The maximum atomic E-state index is 14.9. The molecule has 1 aliphatic rings. The number of carbonyl (C=O) groups is 10. The highest BCUT2D eigenvalue weighted by Crippen LogP contribution is 2.31. The number of aliphatic hydroxyl groups is 1. The molecule has 11 amide bonds. The molecule has 12 atom stereocenters. The second-order valence-electron chi connectivity index (χ2n) is 29.3. The summed E-state index contributed by atoms with van der Waals surface area (Å²) in [5.41, 5.74) is 10.2. The Morgan fingerprint density at radius 3 is 1.84 bits per heavy atom. The monoisotopic (exact) mass is 1710 g/mol. The average molecular weight is 1710 g/mol. The lowest BCUT2D eigenvalue weighted by Gasteiger charge is -2.41. The number of aliphatic hydroxyl groups excluding tert-OH is 1. The first-order chi connectivity index (χ1) is 53.9. The fraction of sp³-hybridized carbons (Fsp3) is 0.625. The number of methoxy groups -OCH3 is 2. The fourth-order valence-corrected chi connectivity index (χ4v) is 14.3. The normalized spacial score (nSPS) is 15.8. The molecule has 2 heterocycles. The van der Waals surface area contributed by atoms with E-state index in [1.54, 1.807) is 127 Å². The van der Waals surface area contributed by atoms with Gasteiger partial charge in [0.15, 0.2) is 0 Å². The number of primary amides is 1. The highest BCUT2D eigenvalue weighted by Gasteiger charge is 2.44. The van der Waals surface area contributed by atoms with Gasteiger partial charge in [-0.15, -0.1) is 0 Å². The molecule has 1 saturated heterocycles. The molecule has 628 valence electrons. The number of nitrogens with two attached hydrogens (primary N) is 1. The van der Waals surface area contributed by atoms with Gasteiger partial charge < -0.3 is 91.0 Å². The minimum absolute atomic E-state index is 0.0431. The number of benzene rings is 3. The molecular weight excluding hydrogens is 1590 g/mol. The Morgan fingerprint density at radius 1 is 0.655 bits per heavy atom. The summed E-state index contributed by atoms with van der Waals surface area (Å²) in [6.07, 6.45) is -1.19. The summed E-state index contributed by atoms with van der Waals surface area (Å²) >= 11 is 6.88. The quantitative estimate of drug-likeness (QED) is 0.0156. The molecule has 0 spiro atoms. The molecule has 0 radical (unpaired) electrons. The number of nitrogens with zero attached hydrogens (tertiary/aromatic N) is 5. The van der Waals surface area contributed by atoms with E-state index in [2.05, 4.69) is 79.0 Å². The Labute approximate surface area is 681 Å². The SMILES string of the molecule is CC[C@H](C)[C@@H]([C@@H](CC(=O)N1CCC[C@H]1[C@H](OC)[C@@H](C)C(=O)N[C@H](C)[C@@H](O)c1ccccc1)OC)N(C)C(=O)[C@@H](NC(=O)[C@H](C(C)C)N(C)C(=O)OCc1ccc(NC(=O)[C@H](CCCNC(N)=O)NC(=O)[C@@H](NC(=O)CCOCCOCCOCCOCCNC(=O)c2ccc3nc(CBr)c(CBr)nc3c2)C(C)C)cc1)C(C)C. The Balaban J connectivity index is 1.06. The third-order valence-corrected chi connectivity index (χ3v) is 21.0. The molecule has 5 rings (SSSR count). The van der Waals surface area contributed by atoms with Gasteiger partial charge in [-0.2, -0.15) is 0 Å². The van der Waals surface area contributed by atoms with E-state index in [1.807, 2.05) is 32.0 Å². The van der Waals surface area contributed by atoms with E-state index in [0.29, 0.717) is 109 Å². The summed E-state index contributed by atoms with van der Waals surface area (Å²) in [7, 11) is 6.08. The third kappa shape index (κ3) is 30.3. The number of anilines is 1. The van der Waals surface area contributed by atoms with Crippen LogP contribution < -0.4 is 43.0 Å². The number of urea groups is 1. The van der Waals surface area contributed by atoms with Crippen LogP contribution in [0.15, 0.2) is 72.8 Å². The maximum Gasteiger partial charge on any atom is 0.410 e. The Bertz CT molecular complexity index is 3680. The van der Waals surface area contributed by atoms with Crippen molar-refractivity contribution in [3.8, 4) is 0 Å². The van der Waals surface area contributed by atoms with Crippen LogP contribution in [0.25, 0.3) is 11.0 Å². The molecular formula is C80H121Br2N13O18. The number of ether oxygens (including phenoxy) is 7. The van der Waals surface area contributed by atoms with E-state index in [9.17, 15) is 53.1 Å². The summed E-state index contributed by atoms with van der Waals surface area (Å²) < 4.78 is 40.1. The summed E-state index contributed by atoms with van der Waals surface area (Å²) in [5.74, 6) is -5.66. The second-order valence-corrected chi connectivity index (χ2v) is 30.5. The van der Waals surface area contributed by atoms with Crippen LogP contribution in [-0.4, -0.2) is 244 Å². The summed E-state index contributed by atoms with van der Waals surface area (Å²) in [6.45, 7) is 20.7. The number of amides is 11. The van der Waals surface area contributed by atoms with E-state index in [1.165, 1.54) is 26.2 Å². The highest BCUT2D eigenvalue weighted by molar-refractivity contribution is 9.09. The zero-order chi connectivity index (χ0) is 83.4. The van der Waals surface area contributed by atoms with E-state index in [0.717, 1.165) is 11.4 Å². The topological polar surface area (TPSA) is 401 Å². The zero-order valence-corrected chi connectivity index (χ0v) is 71.1. The lowest BCUT2D eigenvalue weighted by Crippen LogP contribution is -2.60. The lowest BCUT2D eigenvalue weighted by molar-refractivity contribution is -0.148. The number of carbonyl (C=O) groups excluding carboxylic acids is 10. The van der Waals surface area contributed by atoms with Gasteiger partial charge in [0.2, 0.25) is 41.4 Å². The van der Waals surface area contributed by atoms with Gasteiger partial charge in [0.25, 0.3) is 5.91 Å². The van der Waals surface area contributed by atoms with Gasteiger partial charge in [-0.25, -0.2) is 19.6 Å². The number of nitrogens with one attached hydrogen (secondary N) is 7. The van der Waals surface area contributed by atoms with Gasteiger partial charge in [0.05, 0.1) is 124 Å². The molecule has 3 aromatic carbocycles. The highest BCUT2D eigenvalue weighted by atomic mass is 79.9. The van der Waals surface area contributed by atoms with Crippen molar-refractivity contribution >= 4 is 108 Å². The second kappa shape index (κ2) is 49.7. The number of hydrogen-bond acceptors (Lipinski definition) is 20. The predicted molar refractivity (Wildman–Crippen MR) is 434 cm³/mol. The van der Waals surface area contributed by atoms with Crippen LogP contribution >= 0.6 is 31.9 Å². The van der Waals surface area contributed by atoms with Crippen LogP contribution in [-0.2, 0) is 84.0 Å². The number of alkyl halides is 2. The summed E-state index contributed by atoms with van der Waals surface area (Å²) in [5, 5.41) is 31.6. The molecule has 1 fully saturated rings. The standard InChI is InChI=1S/C80H121Br2N13O18/c1-15-51(8)70(64(107-13)44-66(97)95-34-20-24-63(95)72(108-14)52(9)73(99)86-53(10)71(98)55-21-17-16-18-22-55)93(11)78(104)68(49(4)5)92-77(103)69(50(6)7)94(12)80(106)113-47-54-25-28-57(29-26-54)87-75(101)59(23-19-32-85-79(83)105)90-76(102)67(48(2)3)91-65(96)31-35-109-37-39-111-41-42-112-40-38-110-36-33-84-74(100)56-27-30-58-60(43-56)89-62(46-82)61(45-81)88-58/h16-18,21-22,25-30,43,48-53,59,63-64,67-72,98H,15,19-20,23-24,31-42,44-47H2,1-14H3,(H,84,100)(H,86,99)(H,87,101)(H,90,102)(H,91,96)(H,92,103)(H3,83,85,105)/t51-,52+,53+,59-,63-,64+,67-,68-,69-,70-,71+,72+/m0/s1. The minimum atomic E-state index is -1.13. The molecule has 113 heavy (non-hydrogen) atoms. The molecule has 0 aliphatic carbocycles. The van der Waals surface area contributed by atoms with Gasteiger partial charge in [-0.3, -0.25) is 43.3 Å². The van der Waals surface area contributed by atoms with Gasteiger partial charge in [-0.1, -0.05) is 143 Å². The van der Waals surface area contributed by atoms with Crippen molar-refractivity contribution in [1.29, 1.82) is 0 Å². The summed E-state index contributed by atoms with van der Waals surface area (Å²) in [6, 6.07) is 13.9. The van der Waals surface area contributed by atoms with Gasteiger partial charge in [-0.05, 0) is 97.7 Å². The fourth-order valence-electron chi connectivity index (χ4n) is 13.4.